The molecule has 5 aromatic rings. The summed E-state index contributed by atoms with van der Waals surface area (Å²) in [6.45, 7) is 0.493. The van der Waals surface area contributed by atoms with Crippen LogP contribution in [0, 0.1) is 0 Å². The monoisotopic (exact) mass is 489 g/mol. The largest absolute Gasteiger partial charge is 0.408 e. The molecule has 5 heterocycles. The number of fused-ring (bicyclic) bond motifs is 2. The van der Waals surface area contributed by atoms with Crippen LogP contribution in [0.4, 0.5) is 13.2 Å². The zero-order chi connectivity index (χ0) is 24.9. The van der Waals surface area contributed by atoms with E-state index in [4.69, 9.17) is 10.7 Å². The van der Waals surface area contributed by atoms with E-state index in [0.29, 0.717) is 30.1 Å². The highest BCUT2D eigenvalue weighted by Crippen LogP contribution is 2.39. The lowest BCUT2D eigenvalue weighted by molar-refractivity contribution is -0.183. The minimum Gasteiger partial charge on any atom is -0.326 e. The van der Waals surface area contributed by atoms with Gasteiger partial charge in [-0.05, 0) is 41.8 Å². The molecule has 0 saturated carbocycles. The van der Waals surface area contributed by atoms with Crippen molar-refractivity contribution in [3.63, 3.8) is 0 Å². The van der Waals surface area contributed by atoms with Gasteiger partial charge < -0.3 is 5.73 Å². The van der Waals surface area contributed by atoms with Crippen LogP contribution in [0.15, 0.2) is 73.2 Å². The van der Waals surface area contributed by atoms with Gasteiger partial charge in [0.25, 0.3) is 0 Å². The number of hydrogen-bond donors (Lipinski definition) is 1. The van der Waals surface area contributed by atoms with Crippen molar-refractivity contribution < 1.29 is 13.2 Å². The van der Waals surface area contributed by atoms with E-state index in [0.717, 1.165) is 22.0 Å². The summed E-state index contributed by atoms with van der Waals surface area (Å²) in [6.07, 6.45) is 1.05. The predicted molar refractivity (Wildman–Crippen MR) is 130 cm³/mol. The Morgan fingerprint density at radius 2 is 1.86 bits per heavy atom. The number of aromatic nitrogens is 5. The second kappa shape index (κ2) is 8.65. The van der Waals surface area contributed by atoms with Crippen LogP contribution in [-0.2, 0) is 0 Å². The van der Waals surface area contributed by atoms with Gasteiger partial charge in [0.1, 0.15) is 11.7 Å². The van der Waals surface area contributed by atoms with Gasteiger partial charge in [-0.25, -0.2) is 4.98 Å². The van der Waals surface area contributed by atoms with Gasteiger partial charge in [0.15, 0.2) is 11.5 Å². The van der Waals surface area contributed by atoms with E-state index >= 15 is 0 Å². The van der Waals surface area contributed by atoms with E-state index in [-0.39, 0.29) is 18.2 Å². The molecule has 36 heavy (non-hydrogen) atoms. The maximum absolute atomic E-state index is 14.1. The van der Waals surface area contributed by atoms with Crippen molar-refractivity contribution in [3.05, 3.63) is 78.8 Å². The van der Waals surface area contributed by atoms with Crippen LogP contribution in [0.3, 0.4) is 0 Å². The predicted octanol–water partition coefficient (Wildman–Crippen LogP) is 4.64. The third kappa shape index (κ3) is 4.08. The average Bonchev–Trinajstić information content (AvgIpc) is 3.49. The Morgan fingerprint density at radius 1 is 1.00 bits per heavy atom. The van der Waals surface area contributed by atoms with Crippen LogP contribution in [0.5, 0.6) is 0 Å². The molecule has 0 bridgehead atoms. The van der Waals surface area contributed by atoms with Gasteiger partial charge in [-0.3, -0.25) is 14.3 Å². The summed E-state index contributed by atoms with van der Waals surface area (Å²) in [7, 11) is 0. The molecular weight excluding hydrogens is 467 g/mol. The number of nitrogens with two attached hydrogens (primary N) is 1. The van der Waals surface area contributed by atoms with Gasteiger partial charge in [0, 0.05) is 48.7 Å². The molecule has 0 aliphatic carbocycles. The Labute approximate surface area is 204 Å². The van der Waals surface area contributed by atoms with Crippen molar-refractivity contribution in [2.24, 2.45) is 5.73 Å². The summed E-state index contributed by atoms with van der Waals surface area (Å²) in [5, 5.41) is 9.35. The number of alkyl halides is 3. The molecule has 1 aromatic carbocycles. The lowest BCUT2D eigenvalue weighted by Crippen LogP contribution is -2.38. The second-order valence-electron chi connectivity index (χ2n) is 9.05. The number of benzene rings is 1. The van der Waals surface area contributed by atoms with E-state index in [9.17, 15) is 13.2 Å². The maximum Gasteiger partial charge on any atom is 0.408 e. The Kier molecular flexibility index (Phi) is 5.42. The first-order valence-corrected chi connectivity index (χ1v) is 11.6. The number of halogens is 3. The highest BCUT2D eigenvalue weighted by Gasteiger charge is 2.46. The summed E-state index contributed by atoms with van der Waals surface area (Å²) < 4.78 is 44.0. The molecular formula is C26H22F3N7. The highest BCUT2D eigenvalue weighted by molar-refractivity contribution is 5.85. The van der Waals surface area contributed by atoms with Crippen LogP contribution in [-0.4, -0.2) is 54.8 Å². The number of pyridine rings is 3. The first-order valence-electron chi connectivity index (χ1n) is 11.6. The second-order valence-corrected chi connectivity index (χ2v) is 9.05. The van der Waals surface area contributed by atoms with E-state index in [1.165, 1.54) is 17.2 Å². The molecule has 1 aliphatic heterocycles. The minimum absolute atomic E-state index is 0.116. The first kappa shape index (κ1) is 22.6. The average molecular weight is 490 g/mol. The fourth-order valence-corrected chi connectivity index (χ4v) is 4.86. The Bertz CT molecular complexity index is 1550. The van der Waals surface area contributed by atoms with Gasteiger partial charge in [0.2, 0.25) is 0 Å². The van der Waals surface area contributed by atoms with Crippen molar-refractivity contribution >= 4 is 16.6 Å². The quantitative estimate of drug-likeness (QED) is 0.396. The van der Waals surface area contributed by atoms with Gasteiger partial charge >= 0.3 is 6.18 Å². The number of likely N-dealkylation sites (tertiary alicyclic amines) is 1. The van der Waals surface area contributed by atoms with E-state index in [2.05, 4.69) is 15.2 Å². The smallest absolute Gasteiger partial charge is 0.326 e. The molecule has 1 saturated heterocycles. The van der Waals surface area contributed by atoms with Crippen molar-refractivity contribution in [2.45, 2.75) is 24.7 Å². The lowest BCUT2D eigenvalue weighted by atomic mass is 10.1. The molecule has 182 valence electrons. The molecule has 10 heteroatoms. The number of hydrogen-bond acceptors (Lipinski definition) is 6. The lowest BCUT2D eigenvalue weighted by Gasteiger charge is -2.30. The SMILES string of the molecule is N[C@H]1CCN(C(c2ccc3nnc(-c4ccc5ccc(-c6cccnc6)cc5n4)n3c2)C(F)(F)F)C1. The Morgan fingerprint density at radius 3 is 2.61 bits per heavy atom. The molecule has 2 atom stereocenters. The third-order valence-electron chi connectivity index (χ3n) is 6.59. The zero-order valence-electron chi connectivity index (χ0n) is 19.1. The molecule has 0 spiro atoms. The molecule has 4 aromatic heterocycles. The third-order valence-corrected chi connectivity index (χ3v) is 6.59. The molecule has 7 nitrogen and oxygen atoms in total. The van der Waals surface area contributed by atoms with Crippen molar-refractivity contribution in [1.82, 2.24) is 29.5 Å². The van der Waals surface area contributed by atoms with Crippen LogP contribution in [0.1, 0.15) is 18.0 Å². The fraction of sp³-hybridized carbons (Fsp3) is 0.231. The highest BCUT2D eigenvalue weighted by atomic mass is 19.4. The molecule has 1 unspecified atom stereocenters. The standard InChI is InChI=1S/C26H22F3N7/c27-26(28,29)24(35-11-9-20(30)15-35)19-6-8-23-33-34-25(36(23)14-19)21-7-5-16-3-4-17(12-22(16)32-21)18-2-1-10-31-13-18/h1-8,10,12-14,20,24H,9,11,15,30H2/t20-,24?/m0/s1. The molecule has 1 fully saturated rings. The molecule has 0 radical (unpaired) electrons. The summed E-state index contributed by atoms with van der Waals surface area (Å²) in [4.78, 5) is 10.3. The van der Waals surface area contributed by atoms with E-state index < -0.39 is 12.2 Å². The number of rotatable bonds is 4. The molecule has 2 N–H and O–H groups in total. The van der Waals surface area contributed by atoms with Gasteiger partial charge in [0.05, 0.1) is 5.52 Å². The van der Waals surface area contributed by atoms with Crippen LogP contribution in [0.25, 0.3) is 39.2 Å². The van der Waals surface area contributed by atoms with Crippen LogP contribution < -0.4 is 5.73 Å². The van der Waals surface area contributed by atoms with E-state index in [1.807, 2.05) is 36.4 Å². The Balaban J connectivity index is 1.43. The minimum atomic E-state index is -4.45. The summed E-state index contributed by atoms with van der Waals surface area (Å²) in [6, 6.07) is 14.5. The summed E-state index contributed by atoms with van der Waals surface area (Å²) >= 11 is 0. The van der Waals surface area contributed by atoms with Gasteiger partial charge in [-0.1, -0.05) is 30.3 Å². The molecule has 6 rings (SSSR count). The van der Waals surface area contributed by atoms with Crippen molar-refractivity contribution in [3.8, 4) is 22.6 Å². The van der Waals surface area contributed by atoms with Gasteiger partial charge in [-0.15, -0.1) is 10.2 Å². The summed E-state index contributed by atoms with van der Waals surface area (Å²) in [5.41, 5.74) is 9.64. The van der Waals surface area contributed by atoms with Crippen LogP contribution in [0.2, 0.25) is 0 Å². The molecule has 0 amide bonds. The fourth-order valence-electron chi connectivity index (χ4n) is 4.86. The zero-order valence-corrected chi connectivity index (χ0v) is 19.1. The maximum atomic E-state index is 14.1. The van der Waals surface area contributed by atoms with E-state index in [1.54, 1.807) is 28.9 Å². The van der Waals surface area contributed by atoms with Gasteiger partial charge in [-0.2, -0.15) is 13.2 Å². The molecule has 1 aliphatic rings. The Hall–Kier alpha value is -3.89. The number of nitrogens with zero attached hydrogens (tertiary/aromatic N) is 6. The normalized spacial score (nSPS) is 17.7. The topological polar surface area (TPSA) is 85.2 Å². The van der Waals surface area contributed by atoms with Crippen molar-refractivity contribution in [2.75, 3.05) is 13.1 Å². The van der Waals surface area contributed by atoms with Crippen molar-refractivity contribution in [1.29, 1.82) is 0 Å². The van der Waals surface area contributed by atoms with Crippen LogP contribution >= 0.6 is 0 Å². The summed E-state index contributed by atoms with van der Waals surface area (Å²) in [5.74, 6) is 0.375. The first-order chi connectivity index (χ1) is 17.4.